The van der Waals surface area contributed by atoms with Crippen LogP contribution in [-0.2, 0) is 6.18 Å². The highest BCUT2D eigenvalue weighted by Gasteiger charge is 2.32. The minimum atomic E-state index is -4.51. The Morgan fingerprint density at radius 3 is 2.62 bits per heavy atom. The average Bonchev–Trinajstić information content (AvgIpc) is 2.88. The number of carbonyl (C=O) groups excluding carboxylic acids is 1. The molecule has 9 heteroatoms. The van der Waals surface area contributed by atoms with Gasteiger partial charge in [0.15, 0.2) is 0 Å². The molecule has 1 unspecified atom stereocenters. The predicted octanol–water partition coefficient (Wildman–Crippen LogP) is 2.83. The Labute approximate surface area is 122 Å². The van der Waals surface area contributed by atoms with E-state index < -0.39 is 17.8 Å². The summed E-state index contributed by atoms with van der Waals surface area (Å²) in [5.74, 6) is -0.528. The number of pyridine rings is 1. The first-order valence-corrected chi connectivity index (χ1v) is 6.71. The summed E-state index contributed by atoms with van der Waals surface area (Å²) in [4.78, 5) is 19.2. The lowest BCUT2D eigenvalue weighted by Crippen LogP contribution is -2.14. The van der Waals surface area contributed by atoms with E-state index in [-0.39, 0.29) is 17.4 Å². The molecule has 0 bridgehead atoms. The van der Waals surface area contributed by atoms with Crippen LogP contribution in [0.15, 0.2) is 23.7 Å². The van der Waals surface area contributed by atoms with Crippen molar-refractivity contribution in [3.8, 4) is 0 Å². The highest BCUT2D eigenvalue weighted by molar-refractivity contribution is 7.09. The van der Waals surface area contributed by atoms with E-state index in [0.29, 0.717) is 5.01 Å². The lowest BCUT2D eigenvalue weighted by molar-refractivity contribution is -0.141. The van der Waals surface area contributed by atoms with E-state index in [1.54, 1.807) is 6.92 Å². The van der Waals surface area contributed by atoms with Crippen molar-refractivity contribution in [3.05, 3.63) is 40.1 Å². The van der Waals surface area contributed by atoms with Gasteiger partial charge in [0.25, 0.3) is 5.91 Å². The van der Waals surface area contributed by atoms with Crippen molar-refractivity contribution in [3.63, 3.8) is 0 Å². The second kappa shape index (κ2) is 5.78. The van der Waals surface area contributed by atoms with Gasteiger partial charge in [-0.1, -0.05) is 0 Å². The van der Waals surface area contributed by atoms with Crippen molar-refractivity contribution in [2.45, 2.75) is 19.1 Å². The van der Waals surface area contributed by atoms with Crippen LogP contribution in [0.25, 0.3) is 0 Å². The van der Waals surface area contributed by atoms with Crippen LogP contribution in [0.5, 0.6) is 0 Å². The summed E-state index contributed by atoms with van der Waals surface area (Å²) >= 11 is 1.24. The van der Waals surface area contributed by atoms with Gasteiger partial charge in [0, 0.05) is 5.38 Å². The summed E-state index contributed by atoms with van der Waals surface area (Å²) < 4.78 is 37.1. The lowest BCUT2D eigenvalue weighted by Gasteiger charge is -2.07. The number of nitrogens with one attached hydrogen (secondary N) is 1. The standard InChI is InChI=1S/C12H11F3N4OS/c1-6(16)11-19-8(5-21-11)10(20)18-7-2-3-9(17-4-7)12(13,14)15/h2-6H,16H2,1H3,(H,18,20). The Bertz CT molecular complexity index is 637. The molecule has 1 atom stereocenters. The van der Waals surface area contributed by atoms with Gasteiger partial charge < -0.3 is 11.1 Å². The fraction of sp³-hybridized carbons (Fsp3) is 0.250. The summed E-state index contributed by atoms with van der Waals surface area (Å²) in [7, 11) is 0. The molecule has 0 aliphatic heterocycles. The second-order valence-corrected chi connectivity index (χ2v) is 5.13. The van der Waals surface area contributed by atoms with E-state index >= 15 is 0 Å². The normalized spacial score (nSPS) is 13.0. The number of anilines is 1. The van der Waals surface area contributed by atoms with Crippen molar-refractivity contribution in [2.24, 2.45) is 5.73 Å². The largest absolute Gasteiger partial charge is 0.433 e. The molecule has 2 rings (SSSR count). The van der Waals surface area contributed by atoms with Gasteiger partial charge in [-0.2, -0.15) is 13.2 Å². The molecule has 0 aliphatic carbocycles. The number of nitrogens with zero attached hydrogens (tertiary/aromatic N) is 2. The summed E-state index contributed by atoms with van der Waals surface area (Å²) in [5, 5.41) is 4.56. The zero-order valence-corrected chi connectivity index (χ0v) is 11.6. The first-order chi connectivity index (χ1) is 9.77. The van der Waals surface area contributed by atoms with Gasteiger partial charge in [-0.25, -0.2) is 9.97 Å². The zero-order chi connectivity index (χ0) is 15.6. The molecule has 0 aromatic carbocycles. The summed E-state index contributed by atoms with van der Waals surface area (Å²) in [5.41, 5.74) is 4.93. The molecule has 1 amide bonds. The van der Waals surface area contributed by atoms with Crippen molar-refractivity contribution in [1.82, 2.24) is 9.97 Å². The van der Waals surface area contributed by atoms with Crippen LogP contribution in [0.2, 0.25) is 0 Å². The maximum Gasteiger partial charge on any atom is 0.433 e. The molecule has 21 heavy (non-hydrogen) atoms. The van der Waals surface area contributed by atoms with E-state index in [9.17, 15) is 18.0 Å². The van der Waals surface area contributed by atoms with Crippen molar-refractivity contribution in [1.29, 1.82) is 0 Å². The number of rotatable bonds is 3. The first-order valence-electron chi connectivity index (χ1n) is 5.83. The molecule has 3 N–H and O–H groups in total. The summed E-state index contributed by atoms with van der Waals surface area (Å²) in [6, 6.07) is 1.64. The Hall–Kier alpha value is -2.00. The third-order valence-corrected chi connectivity index (χ3v) is 3.50. The average molecular weight is 316 g/mol. The van der Waals surface area contributed by atoms with Crippen LogP contribution in [0, 0.1) is 0 Å². The molecule has 2 heterocycles. The zero-order valence-electron chi connectivity index (χ0n) is 10.8. The number of carbonyl (C=O) groups is 1. The molecule has 2 aromatic heterocycles. The van der Waals surface area contributed by atoms with Gasteiger partial charge in [-0.05, 0) is 19.1 Å². The van der Waals surface area contributed by atoms with Crippen LogP contribution < -0.4 is 11.1 Å². The van der Waals surface area contributed by atoms with Gasteiger partial charge >= 0.3 is 6.18 Å². The first kappa shape index (κ1) is 15.4. The Morgan fingerprint density at radius 2 is 2.14 bits per heavy atom. The Morgan fingerprint density at radius 1 is 1.43 bits per heavy atom. The Kier molecular flexibility index (Phi) is 4.24. The smallest absolute Gasteiger partial charge is 0.322 e. The monoisotopic (exact) mass is 316 g/mol. The second-order valence-electron chi connectivity index (χ2n) is 4.24. The molecule has 0 radical (unpaired) electrons. The molecule has 0 spiro atoms. The molecule has 5 nitrogen and oxygen atoms in total. The van der Waals surface area contributed by atoms with Gasteiger partial charge in [-0.3, -0.25) is 4.79 Å². The highest BCUT2D eigenvalue weighted by Crippen LogP contribution is 2.27. The van der Waals surface area contributed by atoms with Crippen LogP contribution in [-0.4, -0.2) is 15.9 Å². The number of aromatic nitrogens is 2. The topological polar surface area (TPSA) is 80.9 Å². The van der Waals surface area contributed by atoms with Crippen molar-refractivity contribution < 1.29 is 18.0 Å². The summed E-state index contributed by atoms with van der Waals surface area (Å²) in [6.07, 6.45) is -3.57. The number of hydrogen-bond acceptors (Lipinski definition) is 5. The fourth-order valence-electron chi connectivity index (χ4n) is 1.43. The van der Waals surface area contributed by atoms with Crippen LogP contribution in [0.1, 0.15) is 34.2 Å². The molecule has 0 saturated carbocycles. The minimum Gasteiger partial charge on any atom is -0.322 e. The number of nitrogens with two attached hydrogens (primary N) is 1. The van der Waals surface area contributed by atoms with Crippen molar-refractivity contribution >= 4 is 22.9 Å². The fourth-order valence-corrected chi connectivity index (χ4v) is 2.19. The van der Waals surface area contributed by atoms with Crippen LogP contribution >= 0.6 is 11.3 Å². The van der Waals surface area contributed by atoms with E-state index in [4.69, 9.17) is 5.73 Å². The summed E-state index contributed by atoms with van der Waals surface area (Å²) in [6.45, 7) is 1.74. The maximum absolute atomic E-state index is 12.4. The number of amides is 1. The number of hydrogen-bond donors (Lipinski definition) is 2. The molecule has 112 valence electrons. The van der Waals surface area contributed by atoms with E-state index in [1.165, 1.54) is 16.7 Å². The van der Waals surface area contributed by atoms with Gasteiger partial charge in [0.05, 0.1) is 17.9 Å². The molecular formula is C12H11F3N4OS. The number of thiazole rings is 1. The van der Waals surface area contributed by atoms with E-state index in [0.717, 1.165) is 18.3 Å². The third kappa shape index (κ3) is 3.76. The van der Waals surface area contributed by atoms with Crippen molar-refractivity contribution in [2.75, 3.05) is 5.32 Å². The molecule has 2 aromatic rings. The van der Waals surface area contributed by atoms with Gasteiger partial charge in [0.1, 0.15) is 16.4 Å². The molecular weight excluding hydrogens is 305 g/mol. The predicted molar refractivity (Wildman–Crippen MR) is 71.9 cm³/mol. The third-order valence-electron chi connectivity index (χ3n) is 2.46. The maximum atomic E-state index is 12.4. The number of halogens is 3. The molecule has 0 saturated heterocycles. The lowest BCUT2D eigenvalue weighted by atomic mass is 10.3. The van der Waals surface area contributed by atoms with E-state index in [1.807, 2.05) is 0 Å². The molecule has 0 fully saturated rings. The minimum absolute atomic E-state index is 0.156. The van der Waals surface area contributed by atoms with E-state index in [2.05, 4.69) is 15.3 Å². The van der Waals surface area contributed by atoms with Crippen LogP contribution in [0.3, 0.4) is 0 Å². The Balaban J connectivity index is 2.08. The highest BCUT2D eigenvalue weighted by atomic mass is 32.1. The number of alkyl halides is 3. The van der Waals surface area contributed by atoms with Gasteiger partial charge in [-0.15, -0.1) is 11.3 Å². The van der Waals surface area contributed by atoms with Gasteiger partial charge in [0.2, 0.25) is 0 Å². The quantitative estimate of drug-likeness (QED) is 0.912. The van der Waals surface area contributed by atoms with Crippen LogP contribution in [0.4, 0.5) is 18.9 Å². The SMILES string of the molecule is CC(N)c1nc(C(=O)Nc2ccc(C(F)(F)F)nc2)cs1. The molecule has 0 aliphatic rings.